The van der Waals surface area contributed by atoms with E-state index in [2.05, 4.69) is 0 Å². The summed E-state index contributed by atoms with van der Waals surface area (Å²) in [6.45, 7) is 3.04. The van der Waals surface area contributed by atoms with Crippen molar-refractivity contribution in [2.75, 3.05) is 33.0 Å². The van der Waals surface area contributed by atoms with E-state index in [1.165, 1.54) is 36.6 Å². The minimum Gasteiger partial charge on any atom is -0.508 e. The van der Waals surface area contributed by atoms with E-state index < -0.39 is 15.5 Å². The molecule has 3 aromatic carbocycles. The smallest absolute Gasteiger partial charge is 0.294 e. The van der Waals surface area contributed by atoms with Crippen molar-refractivity contribution in [1.29, 1.82) is 0 Å². The van der Waals surface area contributed by atoms with Crippen LogP contribution >= 0.6 is 0 Å². The first kappa shape index (κ1) is 28.1. The van der Waals surface area contributed by atoms with E-state index in [4.69, 9.17) is 18.6 Å². The maximum atomic E-state index is 12.9. The van der Waals surface area contributed by atoms with Gasteiger partial charge in [-0.25, -0.2) is 0 Å². The van der Waals surface area contributed by atoms with Gasteiger partial charge in [0.1, 0.15) is 41.1 Å². The Bertz CT molecular complexity index is 1610. The summed E-state index contributed by atoms with van der Waals surface area (Å²) in [5, 5.41) is 19.9. The lowest BCUT2D eigenvalue weighted by Gasteiger charge is -2.11. The highest BCUT2D eigenvalue weighted by atomic mass is 32.2. The van der Waals surface area contributed by atoms with Crippen LogP contribution in [-0.2, 0) is 26.0 Å². The van der Waals surface area contributed by atoms with Crippen LogP contribution in [0.5, 0.6) is 17.2 Å². The third kappa shape index (κ3) is 7.15. The first-order valence-corrected chi connectivity index (χ1v) is 13.5. The number of fused-ring (bicyclic) bond motifs is 1. The number of phenolic OH excluding ortho intramolecular Hbond substituents is 2. The Balaban J connectivity index is 1.23. The molecule has 1 aromatic heterocycles. The zero-order valence-corrected chi connectivity index (χ0v) is 21.9. The van der Waals surface area contributed by atoms with Gasteiger partial charge in [-0.3, -0.25) is 9.35 Å². The summed E-state index contributed by atoms with van der Waals surface area (Å²) in [5.74, 6) is 0.0881. The van der Waals surface area contributed by atoms with Crippen molar-refractivity contribution in [3.63, 3.8) is 0 Å². The third-order valence-corrected chi connectivity index (χ3v) is 6.84. The molecule has 0 bridgehead atoms. The van der Waals surface area contributed by atoms with Crippen molar-refractivity contribution >= 4 is 21.1 Å². The van der Waals surface area contributed by atoms with Crippen molar-refractivity contribution in [3.05, 3.63) is 82.2 Å². The highest BCUT2D eigenvalue weighted by molar-refractivity contribution is 7.85. The van der Waals surface area contributed by atoms with Gasteiger partial charge in [0.25, 0.3) is 10.1 Å². The zero-order valence-electron chi connectivity index (χ0n) is 21.1. The van der Waals surface area contributed by atoms with Gasteiger partial charge in [0.05, 0.1) is 36.9 Å². The number of phenols is 2. The van der Waals surface area contributed by atoms with Gasteiger partial charge in [-0.1, -0.05) is 29.8 Å². The van der Waals surface area contributed by atoms with E-state index in [1.54, 1.807) is 24.3 Å². The number of aryl methyl sites for hydroxylation is 1. The largest absolute Gasteiger partial charge is 0.508 e. The molecule has 1 heterocycles. The molecular weight excluding hydrogens is 528 g/mol. The lowest BCUT2D eigenvalue weighted by atomic mass is 10.0. The zero-order chi connectivity index (χ0) is 28.0. The van der Waals surface area contributed by atoms with Crippen molar-refractivity contribution in [1.82, 2.24) is 0 Å². The van der Waals surface area contributed by atoms with Gasteiger partial charge in [-0.2, -0.15) is 8.42 Å². The van der Waals surface area contributed by atoms with Crippen LogP contribution in [0.15, 0.2) is 75.0 Å². The summed E-state index contributed by atoms with van der Waals surface area (Å²) in [5.41, 5.74) is 1.91. The molecule has 206 valence electrons. The molecule has 39 heavy (non-hydrogen) atoms. The molecular formula is C28H28O10S. The van der Waals surface area contributed by atoms with E-state index in [0.717, 1.165) is 5.56 Å². The first-order valence-electron chi connectivity index (χ1n) is 12.1. The minimum atomic E-state index is -4.30. The summed E-state index contributed by atoms with van der Waals surface area (Å²) in [4.78, 5) is 12.8. The Morgan fingerprint density at radius 3 is 2.28 bits per heavy atom. The van der Waals surface area contributed by atoms with E-state index in [9.17, 15) is 28.0 Å². The monoisotopic (exact) mass is 556 g/mol. The second kappa shape index (κ2) is 12.3. The van der Waals surface area contributed by atoms with Crippen LogP contribution in [0.25, 0.3) is 22.1 Å². The molecule has 0 aliphatic rings. The molecule has 11 heteroatoms. The highest BCUT2D eigenvalue weighted by Gasteiger charge is 2.16. The normalized spacial score (nSPS) is 11.6. The van der Waals surface area contributed by atoms with Crippen molar-refractivity contribution in [2.45, 2.75) is 18.2 Å². The minimum absolute atomic E-state index is 0.0238. The summed E-state index contributed by atoms with van der Waals surface area (Å²) < 4.78 is 54.6. The van der Waals surface area contributed by atoms with Gasteiger partial charge in [0.15, 0.2) is 0 Å². The summed E-state index contributed by atoms with van der Waals surface area (Å²) in [6.07, 6.45) is 1.61. The highest BCUT2D eigenvalue weighted by Crippen LogP contribution is 2.30. The molecule has 0 amide bonds. The van der Waals surface area contributed by atoms with Crippen LogP contribution in [0.4, 0.5) is 0 Å². The molecule has 4 rings (SSSR count). The molecule has 0 spiro atoms. The fourth-order valence-electron chi connectivity index (χ4n) is 4.01. The summed E-state index contributed by atoms with van der Waals surface area (Å²) >= 11 is 0. The number of ether oxygens (including phenoxy) is 3. The molecule has 0 saturated carbocycles. The Kier molecular flexibility index (Phi) is 8.87. The second-order valence-corrected chi connectivity index (χ2v) is 10.1. The fourth-order valence-corrected chi connectivity index (χ4v) is 4.74. The van der Waals surface area contributed by atoms with Crippen LogP contribution in [0.1, 0.15) is 11.1 Å². The number of benzene rings is 3. The molecule has 4 aromatic rings. The Labute approximate surface area is 224 Å². The Morgan fingerprint density at radius 2 is 1.56 bits per heavy atom. The molecule has 0 aliphatic carbocycles. The molecule has 0 radical (unpaired) electrons. The summed E-state index contributed by atoms with van der Waals surface area (Å²) in [7, 11) is -4.30. The molecule has 0 saturated heterocycles. The van der Waals surface area contributed by atoms with Gasteiger partial charge in [-0.15, -0.1) is 0 Å². The maximum Gasteiger partial charge on any atom is 0.294 e. The second-order valence-electron chi connectivity index (χ2n) is 8.75. The van der Waals surface area contributed by atoms with E-state index in [0.29, 0.717) is 23.3 Å². The van der Waals surface area contributed by atoms with Crippen LogP contribution in [0, 0.1) is 6.92 Å². The molecule has 0 aliphatic heterocycles. The van der Waals surface area contributed by atoms with Crippen molar-refractivity contribution in [2.24, 2.45) is 0 Å². The predicted molar refractivity (Wildman–Crippen MR) is 143 cm³/mol. The van der Waals surface area contributed by atoms with Crippen LogP contribution < -0.4 is 10.2 Å². The lowest BCUT2D eigenvalue weighted by Crippen LogP contribution is -2.12. The van der Waals surface area contributed by atoms with Gasteiger partial charge in [-0.05, 0) is 42.7 Å². The standard InChI is InChI=1S/C28H28O10S/c1-18-2-7-26(39(32,33)34)20(14-18)8-9-35-10-11-36-12-13-37-22-15-24(30)27-25(16-22)38-17-23(28(27)31)19-3-5-21(29)6-4-19/h2-7,14-17,29-30H,8-13H2,1H3,(H,32,33,34). The molecule has 0 unspecified atom stereocenters. The third-order valence-electron chi connectivity index (χ3n) is 5.89. The van der Waals surface area contributed by atoms with E-state index in [-0.39, 0.29) is 66.0 Å². The summed E-state index contributed by atoms with van der Waals surface area (Å²) in [6, 6.07) is 13.6. The van der Waals surface area contributed by atoms with Gasteiger partial charge >= 0.3 is 0 Å². The number of rotatable bonds is 12. The number of aromatic hydroxyl groups is 2. The molecule has 0 atom stereocenters. The Morgan fingerprint density at radius 1 is 0.872 bits per heavy atom. The number of hydrogen-bond donors (Lipinski definition) is 3. The molecule has 0 fully saturated rings. The van der Waals surface area contributed by atoms with Crippen LogP contribution in [-0.4, -0.2) is 56.2 Å². The van der Waals surface area contributed by atoms with Crippen LogP contribution in [0.3, 0.4) is 0 Å². The van der Waals surface area contributed by atoms with Gasteiger partial charge in [0.2, 0.25) is 5.43 Å². The Hall–Kier alpha value is -3.90. The topological polar surface area (TPSA) is 153 Å². The van der Waals surface area contributed by atoms with Crippen molar-refractivity contribution < 1.29 is 41.8 Å². The average Bonchev–Trinajstić information content (AvgIpc) is 2.87. The quantitative estimate of drug-likeness (QED) is 0.172. The molecule has 10 nitrogen and oxygen atoms in total. The average molecular weight is 557 g/mol. The van der Waals surface area contributed by atoms with E-state index >= 15 is 0 Å². The van der Waals surface area contributed by atoms with Crippen LogP contribution in [0.2, 0.25) is 0 Å². The van der Waals surface area contributed by atoms with Crippen molar-refractivity contribution in [3.8, 4) is 28.4 Å². The number of hydrogen-bond acceptors (Lipinski definition) is 9. The lowest BCUT2D eigenvalue weighted by molar-refractivity contribution is 0.0372. The SMILES string of the molecule is Cc1ccc(S(=O)(=O)O)c(CCOCCOCCOc2cc(O)c3c(=O)c(-c4ccc(O)cc4)coc3c2)c1. The molecule has 3 N–H and O–H groups in total. The first-order chi connectivity index (χ1) is 18.6. The fraction of sp³-hybridized carbons (Fsp3) is 0.250. The maximum absolute atomic E-state index is 12.9. The van der Waals surface area contributed by atoms with Gasteiger partial charge < -0.3 is 28.8 Å². The van der Waals surface area contributed by atoms with Gasteiger partial charge in [0, 0.05) is 12.1 Å². The van der Waals surface area contributed by atoms with E-state index in [1.807, 2.05) is 6.92 Å². The predicted octanol–water partition coefficient (Wildman–Crippen LogP) is 4.08.